The first-order valence-corrected chi connectivity index (χ1v) is 5.64. The highest BCUT2D eigenvalue weighted by molar-refractivity contribution is 5.82. The van der Waals surface area contributed by atoms with Crippen molar-refractivity contribution in [1.82, 2.24) is 5.32 Å². The number of nitrogens with one attached hydrogen (secondary N) is 1. The minimum absolute atomic E-state index is 0.0240. The van der Waals surface area contributed by atoms with E-state index in [9.17, 15) is 9.90 Å². The predicted molar refractivity (Wildman–Crippen MR) is 59.2 cm³/mol. The van der Waals surface area contributed by atoms with Crippen LogP contribution in [0.4, 0.5) is 0 Å². The van der Waals surface area contributed by atoms with Crippen molar-refractivity contribution in [2.45, 2.75) is 39.2 Å². The van der Waals surface area contributed by atoms with Crippen molar-refractivity contribution < 1.29 is 9.90 Å². The van der Waals surface area contributed by atoms with Crippen molar-refractivity contribution in [2.75, 3.05) is 13.1 Å². The van der Waals surface area contributed by atoms with Crippen LogP contribution in [0.3, 0.4) is 0 Å². The second-order valence-electron chi connectivity index (χ2n) is 5.06. The Kier molecular flexibility index (Phi) is 4.11. The third-order valence-corrected chi connectivity index (χ3v) is 3.27. The van der Waals surface area contributed by atoms with Gasteiger partial charge in [-0.3, -0.25) is 4.79 Å². The van der Waals surface area contributed by atoms with Gasteiger partial charge in [0.15, 0.2) is 0 Å². The normalized spacial score (nSPS) is 26.7. The quantitative estimate of drug-likeness (QED) is 0.628. The van der Waals surface area contributed by atoms with Crippen LogP contribution in [0.5, 0.6) is 0 Å². The Hall–Kier alpha value is -0.610. The highest BCUT2D eigenvalue weighted by Crippen LogP contribution is 2.25. The number of aliphatic hydroxyl groups excluding tert-OH is 1. The Morgan fingerprint density at radius 1 is 1.53 bits per heavy atom. The first-order valence-electron chi connectivity index (χ1n) is 5.64. The van der Waals surface area contributed by atoms with Gasteiger partial charge in [0, 0.05) is 19.0 Å². The minimum atomic E-state index is -0.510. The molecule has 1 amide bonds. The predicted octanol–water partition coefficient (Wildman–Crippen LogP) is 0.249. The molecule has 15 heavy (non-hydrogen) atoms. The molecule has 88 valence electrons. The molecule has 4 heteroatoms. The van der Waals surface area contributed by atoms with Crippen LogP contribution in [-0.2, 0) is 4.79 Å². The number of aliphatic hydroxyl groups is 1. The smallest absolute Gasteiger partial charge is 0.226 e. The number of rotatable bonds is 4. The molecule has 0 heterocycles. The topological polar surface area (TPSA) is 75.4 Å². The summed E-state index contributed by atoms with van der Waals surface area (Å²) in [4.78, 5) is 11.7. The average Bonchev–Trinajstić information content (AvgIpc) is 2.60. The van der Waals surface area contributed by atoms with Crippen molar-refractivity contribution in [3.05, 3.63) is 0 Å². The molecule has 0 radical (unpaired) electrons. The van der Waals surface area contributed by atoms with Crippen molar-refractivity contribution in [3.8, 4) is 0 Å². The molecule has 2 atom stereocenters. The molecule has 0 saturated heterocycles. The van der Waals surface area contributed by atoms with E-state index >= 15 is 0 Å². The van der Waals surface area contributed by atoms with Crippen LogP contribution in [0.25, 0.3) is 0 Å². The van der Waals surface area contributed by atoms with Crippen molar-refractivity contribution >= 4 is 5.91 Å². The van der Waals surface area contributed by atoms with Crippen LogP contribution in [0.15, 0.2) is 0 Å². The molecule has 0 aromatic rings. The molecule has 1 aliphatic rings. The molecule has 0 spiro atoms. The van der Waals surface area contributed by atoms with Crippen LogP contribution in [0.2, 0.25) is 0 Å². The first-order chi connectivity index (χ1) is 6.97. The molecule has 1 saturated carbocycles. The van der Waals surface area contributed by atoms with Gasteiger partial charge in [0.2, 0.25) is 5.91 Å². The highest BCUT2D eigenvalue weighted by Gasteiger charge is 2.29. The van der Waals surface area contributed by atoms with E-state index in [2.05, 4.69) is 5.32 Å². The zero-order chi connectivity index (χ0) is 11.5. The molecule has 0 bridgehead atoms. The average molecular weight is 214 g/mol. The molecular weight excluding hydrogens is 192 g/mol. The monoisotopic (exact) mass is 214 g/mol. The zero-order valence-corrected chi connectivity index (χ0v) is 9.62. The maximum atomic E-state index is 11.7. The molecule has 4 nitrogen and oxygen atoms in total. The van der Waals surface area contributed by atoms with Crippen LogP contribution in [0.1, 0.15) is 33.1 Å². The minimum Gasteiger partial charge on any atom is -0.393 e. The van der Waals surface area contributed by atoms with Gasteiger partial charge in [0.05, 0.1) is 11.5 Å². The summed E-state index contributed by atoms with van der Waals surface area (Å²) in [6, 6.07) is 0. The molecule has 2 unspecified atom stereocenters. The lowest BCUT2D eigenvalue weighted by Gasteiger charge is -2.23. The third kappa shape index (κ3) is 3.18. The molecule has 0 aliphatic heterocycles. The lowest BCUT2D eigenvalue weighted by atomic mass is 9.92. The van der Waals surface area contributed by atoms with E-state index < -0.39 is 5.41 Å². The van der Waals surface area contributed by atoms with Crippen LogP contribution >= 0.6 is 0 Å². The zero-order valence-electron chi connectivity index (χ0n) is 9.62. The van der Waals surface area contributed by atoms with Gasteiger partial charge in [-0.15, -0.1) is 0 Å². The lowest BCUT2D eigenvalue weighted by Crippen LogP contribution is -2.44. The van der Waals surface area contributed by atoms with Crippen molar-refractivity contribution in [3.63, 3.8) is 0 Å². The Morgan fingerprint density at radius 2 is 2.20 bits per heavy atom. The van der Waals surface area contributed by atoms with E-state index in [4.69, 9.17) is 5.73 Å². The maximum absolute atomic E-state index is 11.7. The second kappa shape index (κ2) is 4.94. The summed E-state index contributed by atoms with van der Waals surface area (Å²) in [6.07, 6.45) is 2.68. The fraction of sp³-hybridized carbons (Fsp3) is 0.909. The SMILES string of the molecule is CC(C)(CN)C(=O)NCC1CCCC1O. The Morgan fingerprint density at radius 3 is 2.67 bits per heavy atom. The number of hydrogen-bond donors (Lipinski definition) is 3. The number of hydrogen-bond acceptors (Lipinski definition) is 3. The largest absolute Gasteiger partial charge is 0.393 e. The maximum Gasteiger partial charge on any atom is 0.226 e. The Labute approximate surface area is 91.2 Å². The summed E-state index contributed by atoms with van der Waals surface area (Å²) in [5, 5.41) is 12.5. The number of carbonyl (C=O) groups excluding carboxylic acids is 1. The molecule has 0 aromatic heterocycles. The van der Waals surface area contributed by atoms with Gasteiger partial charge in [-0.1, -0.05) is 6.42 Å². The van der Waals surface area contributed by atoms with E-state index in [1.807, 2.05) is 13.8 Å². The summed E-state index contributed by atoms with van der Waals surface area (Å²) < 4.78 is 0. The fourth-order valence-electron chi connectivity index (χ4n) is 1.81. The van der Waals surface area contributed by atoms with E-state index in [-0.39, 0.29) is 17.9 Å². The Balaban J connectivity index is 2.34. The molecular formula is C11H22N2O2. The summed E-state index contributed by atoms with van der Waals surface area (Å²) >= 11 is 0. The number of carbonyl (C=O) groups is 1. The van der Waals surface area contributed by atoms with E-state index in [0.29, 0.717) is 13.1 Å². The van der Waals surface area contributed by atoms with Gasteiger partial charge in [0.1, 0.15) is 0 Å². The standard InChI is InChI=1S/C11H22N2O2/c1-11(2,7-12)10(15)13-6-8-4-3-5-9(8)14/h8-9,14H,3-7,12H2,1-2H3,(H,13,15). The molecule has 1 rings (SSSR count). The molecule has 4 N–H and O–H groups in total. The summed E-state index contributed by atoms with van der Waals surface area (Å²) in [5.74, 6) is 0.201. The second-order valence-corrected chi connectivity index (χ2v) is 5.06. The van der Waals surface area contributed by atoms with E-state index in [0.717, 1.165) is 19.3 Å². The summed E-state index contributed by atoms with van der Waals surface area (Å²) in [5.41, 5.74) is 5.00. The lowest BCUT2D eigenvalue weighted by molar-refractivity contribution is -0.129. The first kappa shape index (κ1) is 12.5. The van der Waals surface area contributed by atoms with Gasteiger partial charge in [-0.25, -0.2) is 0 Å². The fourth-order valence-corrected chi connectivity index (χ4v) is 1.81. The highest BCUT2D eigenvalue weighted by atomic mass is 16.3. The molecule has 1 aliphatic carbocycles. The van der Waals surface area contributed by atoms with Gasteiger partial charge in [0.25, 0.3) is 0 Å². The third-order valence-electron chi connectivity index (χ3n) is 3.27. The van der Waals surface area contributed by atoms with Crippen LogP contribution in [-0.4, -0.2) is 30.2 Å². The van der Waals surface area contributed by atoms with Crippen molar-refractivity contribution in [2.24, 2.45) is 17.1 Å². The molecule has 0 aromatic carbocycles. The number of amides is 1. The van der Waals surface area contributed by atoms with E-state index in [1.165, 1.54) is 0 Å². The molecule has 1 fully saturated rings. The van der Waals surface area contributed by atoms with Crippen molar-refractivity contribution in [1.29, 1.82) is 0 Å². The Bertz CT molecular complexity index is 229. The van der Waals surface area contributed by atoms with Crippen LogP contribution in [0, 0.1) is 11.3 Å². The van der Waals surface area contributed by atoms with E-state index in [1.54, 1.807) is 0 Å². The van der Waals surface area contributed by atoms with Crippen LogP contribution < -0.4 is 11.1 Å². The van der Waals surface area contributed by atoms with Gasteiger partial charge >= 0.3 is 0 Å². The number of nitrogens with two attached hydrogens (primary N) is 1. The van der Waals surface area contributed by atoms with Gasteiger partial charge in [-0.2, -0.15) is 0 Å². The van der Waals surface area contributed by atoms with Gasteiger partial charge in [-0.05, 0) is 26.7 Å². The summed E-state index contributed by atoms with van der Waals surface area (Å²) in [7, 11) is 0. The van der Waals surface area contributed by atoms with Gasteiger partial charge < -0.3 is 16.2 Å². The summed E-state index contributed by atoms with van der Waals surface area (Å²) in [6.45, 7) is 4.57.